The molecule has 2 aliphatic carbocycles. The van der Waals surface area contributed by atoms with Gasteiger partial charge in [0.05, 0.1) is 30.6 Å². The van der Waals surface area contributed by atoms with Crippen LogP contribution < -0.4 is 0 Å². The van der Waals surface area contributed by atoms with Crippen molar-refractivity contribution in [3.8, 4) is 0 Å². The van der Waals surface area contributed by atoms with Crippen LogP contribution in [0.4, 0.5) is 4.79 Å². The maximum Gasteiger partial charge on any atom is 0.409 e. The van der Waals surface area contributed by atoms with E-state index in [9.17, 15) is 14.7 Å². The number of nitrogens with zero attached hydrogens (tertiary/aromatic N) is 3. The van der Waals surface area contributed by atoms with Crippen LogP contribution in [0.25, 0.3) is 11.0 Å². The molecular formula is C30H35N3O4. The minimum absolute atomic E-state index is 0.245. The number of fused-ring (bicyclic) bond motifs is 4. The third-order valence-electron chi connectivity index (χ3n) is 8.92. The van der Waals surface area contributed by atoms with E-state index in [1.165, 1.54) is 23.8 Å². The van der Waals surface area contributed by atoms with Crippen molar-refractivity contribution >= 4 is 23.1 Å². The van der Waals surface area contributed by atoms with E-state index in [1.54, 1.807) is 4.90 Å². The van der Waals surface area contributed by atoms with Crippen molar-refractivity contribution in [2.45, 2.75) is 70.4 Å². The SMILES string of the molecule is COC(=O)N1CCc2ccc3c(nc([C@H]4CC[C@H](C(=O)O)CC4)n3C[C@H]3CCc4ccccc4C3)c2C1. The zero-order valence-corrected chi connectivity index (χ0v) is 21.5. The van der Waals surface area contributed by atoms with Gasteiger partial charge in [0.25, 0.3) is 0 Å². The molecule has 1 aliphatic heterocycles. The first kappa shape index (κ1) is 24.0. The second kappa shape index (κ2) is 9.84. The number of carbonyl (C=O) groups excluding carboxylic acids is 1. The number of methoxy groups -OCH3 is 1. The molecular weight excluding hydrogens is 466 g/mol. The van der Waals surface area contributed by atoms with Gasteiger partial charge in [-0.3, -0.25) is 4.79 Å². The highest BCUT2D eigenvalue weighted by molar-refractivity contribution is 5.82. The molecule has 2 aromatic carbocycles. The zero-order chi connectivity index (χ0) is 25.5. The highest BCUT2D eigenvalue weighted by atomic mass is 16.5. The van der Waals surface area contributed by atoms with Gasteiger partial charge in [-0.05, 0) is 80.0 Å². The Bertz CT molecular complexity index is 1340. The van der Waals surface area contributed by atoms with Crippen molar-refractivity contribution in [3.63, 3.8) is 0 Å². The summed E-state index contributed by atoms with van der Waals surface area (Å²) in [7, 11) is 1.43. The summed E-state index contributed by atoms with van der Waals surface area (Å²) in [5.74, 6) is 0.968. The van der Waals surface area contributed by atoms with Gasteiger partial charge < -0.3 is 19.3 Å². The monoisotopic (exact) mass is 501 g/mol. The number of hydrogen-bond donors (Lipinski definition) is 1. The van der Waals surface area contributed by atoms with Gasteiger partial charge in [-0.1, -0.05) is 30.3 Å². The van der Waals surface area contributed by atoms with Crippen LogP contribution in [-0.2, 0) is 41.9 Å². The summed E-state index contributed by atoms with van der Waals surface area (Å²) >= 11 is 0. The van der Waals surface area contributed by atoms with Crippen LogP contribution in [-0.4, -0.2) is 45.3 Å². The topological polar surface area (TPSA) is 84.7 Å². The van der Waals surface area contributed by atoms with E-state index < -0.39 is 5.97 Å². The molecule has 0 radical (unpaired) electrons. The zero-order valence-electron chi connectivity index (χ0n) is 21.5. The average molecular weight is 502 g/mol. The second-order valence-electron chi connectivity index (χ2n) is 11.1. The first-order chi connectivity index (χ1) is 18.0. The summed E-state index contributed by atoms with van der Waals surface area (Å²) < 4.78 is 7.45. The molecule has 0 saturated heterocycles. The number of aryl methyl sites for hydroxylation is 1. The molecule has 1 atom stereocenters. The van der Waals surface area contributed by atoms with Gasteiger partial charge in [0.1, 0.15) is 5.82 Å². The summed E-state index contributed by atoms with van der Waals surface area (Å²) in [4.78, 5) is 30.9. The highest BCUT2D eigenvalue weighted by Gasteiger charge is 2.32. The number of benzene rings is 2. The summed E-state index contributed by atoms with van der Waals surface area (Å²) in [6.45, 7) is 2.08. The molecule has 0 bridgehead atoms. The molecule has 37 heavy (non-hydrogen) atoms. The molecule has 3 aromatic rings. The average Bonchev–Trinajstić information content (AvgIpc) is 3.30. The number of carboxylic acids is 1. The molecule has 6 rings (SSSR count). The van der Waals surface area contributed by atoms with E-state index in [0.717, 1.165) is 67.5 Å². The second-order valence-corrected chi connectivity index (χ2v) is 11.1. The molecule has 1 amide bonds. The van der Waals surface area contributed by atoms with Crippen molar-refractivity contribution in [2.24, 2.45) is 11.8 Å². The number of amides is 1. The summed E-state index contributed by atoms with van der Waals surface area (Å²) in [6.07, 6.45) is 6.94. The van der Waals surface area contributed by atoms with Crippen LogP contribution in [0.3, 0.4) is 0 Å². The van der Waals surface area contributed by atoms with Crippen LogP contribution in [0.15, 0.2) is 36.4 Å². The Morgan fingerprint density at radius 1 is 1.00 bits per heavy atom. The van der Waals surface area contributed by atoms with Crippen LogP contribution in [0.1, 0.15) is 66.1 Å². The van der Waals surface area contributed by atoms with Crippen molar-refractivity contribution in [1.29, 1.82) is 0 Å². The van der Waals surface area contributed by atoms with E-state index >= 15 is 0 Å². The molecule has 0 spiro atoms. The van der Waals surface area contributed by atoms with Crippen LogP contribution in [0.5, 0.6) is 0 Å². The third kappa shape index (κ3) is 4.49. The summed E-state index contributed by atoms with van der Waals surface area (Å²) in [6, 6.07) is 13.2. The molecule has 7 heteroatoms. The largest absolute Gasteiger partial charge is 0.481 e. The lowest BCUT2D eigenvalue weighted by Gasteiger charge is -2.29. The number of carbonyl (C=O) groups is 2. The standard InChI is InChI=1S/C30H35N3O4/c1-37-30(36)32-15-14-21-12-13-26-27(25(21)18-32)31-28(22-8-10-23(11-9-22)29(34)35)33(26)17-19-6-7-20-4-2-3-5-24(20)16-19/h2-5,12-13,19,22-23H,6-11,14-18H2,1H3,(H,34,35)/t19-,22-,23-/m0/s1. The fourth-order valence-corrected chi connectivity index (χ4v) is 6.82. The number of rotatable bonds is 4. The molecule has 7 nitrogen and oxygen atoms in total. The maximum atomic E-state index is 12.3. The quantitative estimate of drug-likeness (QED) is 0.523. The van der Waals surface area contributed by atoms with Crippen molar-refractivity contribution in [3.05, 3.63) is 64.5 Å². The first-order valence-electron chi connectivity index (χ1n) is 13.6. The number of imidazole rings is 1. The fourth-order valence-electron chi connectivity index (χ4n) is 6.82. The minimum Gasteiger partial charge on any atom is -0.481 e. The fraction of sp³-hybridized carbons (Fsp3) is 0.500. The van der Waals surface area contributed by atoms with E-state index in [0.29, 0.717) is 31.8 Å². The predicted octanol–water partition coefficient (Wildman–Crippen LogP) is 5.32. The Morgan fingerprint density at radius 2 is 1.78 bits per heavy atom. The normalized spacial score (nSPS) is 23.4. The van der Waals surface area contributed by atoms with Crippen molar-refractivity contribution in [1.82, 2.24) is 14.5 Å². The number of aliphatic carboxylic acids is 1. The molecule has 194 valence electrons. The van der Waals surface area contributed by atoms with Gasteiger partial charge >= 0.3 is 12.1 Å². The van der Waals surface area contributed by atoms with Crippen LogP contribution >= 0.6 is 0 Å². The van der Waals surface area contributed by atoms with E-state index in [4.69, 9.17) is 9.72 Å². The Labute approximate surface area is 217 Å². The highest BCUT2D eigenvalue weighted by Crippen LogP contribution is 2.39. The molecule has 0 unspecified atom stereocenters. The van der Waals surface area contributed by atoms with Gasteiger partial charge in [-0.15, -0.1) is 0 Å². The lowest BCUT2D eigenvalue weighted by molar-refractivity contribution is -0.142. The number of carboxylic acid groups (broad SMARTS) is 1. The van der Waals surface area contributed by atoms with Gasteiger partial charge in [-0.25, -0.2) is 9.78 Å². The smallest absolute Gasteiger partial charge is 0.409 e. The lowest BCUT2D eigenvalue weighted by Crippen LogP contribution is -2.35. The maximum absolute atomic E-state index is 12.3. The van der Waals surface area contributed by atoms with Gasteiger partial charge in [0, 0.05) is 24.6 Å². The first-order valence-corrected chi connectivity index (χ1v) is 13.6. The minimum atomic E-state index is -0.676. The van der Waals surface area contributed by atoms with Gasteiger partial charge in [0.2, 0.25) is 0 Å². The van der Waals surface area contributed by atoms with Gasteiger partial charge in [0.15, 0.2) is 0 Å². The number of ether oxygens (including phenoxy) is 1. The van der Waals surface area contributed by atoms with Crippen molar-refractivity contribution in [2.75, 3.05) is 13.7 Å². The Morgan fingerprint density at radius 3 is 2.54 bits per heavy atom. The lowest BCUT2D eigenvalue weighted by atomic mass is 9.81. The molecule has 1 N–H and O–H groups in total. The van der Waals surface area contributed by atoms with E-state index in [1.807, 2.05) is 0 Å². The Balaban J connectivity index is 1.37. The third-order valence-corrected chi connectivity index (χ3v) is 8.92. The predicted molar refractivity (Wildman–Crippen MR) is 141 cm³/mol. The summed E-state index contributed by atoms with van der Waals surface area (Å²) in [5.41, 5.74) is 7.45. The Kier molecular flexibility index (Phi) is 6.39. The molecule has 1 saturated carbocycles. The van der Waals surface area contributed by atoms with E-state index in [2.05, 4.69) is 41.0 Å². The molecule has 1 aromatic heterocycles. The van der Waals surface area contributed by atoms with Crippen LogP contribution in [0.2, 0.25) is 0 Å². The summed E-state index contributed by atoms with van der Waals surface area (Å²) in [5, 5.41) is 9.52. The molecule has 3 aliphatic rings. The number of aromatic nitrogens is 2. The Hall–Kier alpha value is -3.35. The van der Waals surface area contributed by atoms with Gasteiger partial charge in [-0.2, -0.15) is 0 Å². The molecule has 2 heterocycles. The van der Waals surface area contributed by atoms with Crippen LogP contribution in [0, 0.1) is 11.8 Å². The molecule has 1 fully saturated rings. The number of hydrogen-bond acceptors (Lipinski definition) is 4. The van der Waals surface area contributed by atoms with Crippen molar-refractivity contribution < 1.29 is 19.4 Å². The van der Waals surface area contributed by atoms with E-state index in [-0.39, 0.29) is 17.9 Å².